The number of nitrogens with zero attached hydrogens (tertiary/aromatic N) is 2. The number of aliphatic hydroxyl groups excluding tert-OH is 1. The highest BCUT2D eigenvalue weighted by Gasteiger charge is 2.23. The first kappa shape index (κ1) is 14.3. The normalized spacial score (nSPS) is 13.8. The molecule has 2 aromatic rings. The van der Waals surface area contributed by atoms with Gasteiger partial charge in [-0.05, 0) is 12.1 Å². The molecule has 0 radical (unpaired) electrons. The average Bonchev–Trinajstić information content (AvgIpc) is 2.89. The molecule has 3 nitrogen and oxygen atoms in total. The van der Waals surface area contributed by atoms with E-state index in [1.807, 2.05) is 23.6 Å². The predicted molar refractivity (Wildman–Crippen MR) is 77.6 cm³/mol. The summed E-state index contributed by atoms with van der Waals surface area (Å²) in [7, 11) is 0. The van der Waals surface area contributed by atoms with E-state index in [1.54, 1.807) is 12.1 Å². The van der Waals surface area contributed by atoms with Crippen LogP contribution in [0.4, 0.5) is 0 Å². The van der Waals surface area contributed by atoms with Crippen molar-refractivity contribution < 1.29 is 5.11 Å². The van der Waals surface area contributed by atoms with Gasteiger partial charge in [0, 0.05) is 16.0 Å². The van der Waals surface area contributed by atoms with Crippen LogP contribution in [0, 0.1) is 11.3 Å². The summed E-state index contributed by atoms with van der Waals surface area (Å²) in [4.78, 5) is 4.38. The Kier molecular flexibility index (Phi) is 4.78. The second-order valence-electron chi connectivity index (χ2n) is 3.91. The standard InChI is InChI=1S/C13H10Cl2N2OS/c14-5-12(18)10(6-16)13-17-11(7-19-13)8-1-3-9(15)4-2-8/h1-4,7,10,12,18H,5H2/t10-,12+/m0/s1. The number of benzene rings is 1. The topological polar surface area (TPSA) is 56.9 Å². The van der Waals surface area contributed by atoms with Crippen LogP contribution >= 0.6 is 34.5 Å². The largest absolute Gasteiger partial charge is 0.390 e. The zero-order valence-electron chi connectivity index (χ0n) is 9.75. The zero-order valence-corrected chi connectivity index (χ0v) is 12.1. The summed E-state index contributed by atoms with van der Waals surface area (Å²) < 4.78 is 0. The first-order valence-corrected chi connectivity index (χ1v) is 7.30. The molecule has 0 aliphatic carbocycles. The van der Waals surface area contributed by atoms with Gasteiger partial charge in [0.2, 0.25) is 0 Å². The number of rotatable bonds is 4. The van der Waals surface area contributed by atoms with Gasteiger partial charge in [0.05, 0.1) is 23.7 Å². The van der Waals surface area contributed by atoms with Crippen molar-refractivity contribution in [2.45, 2.75) is 12.0 Å². The number of aliphatic hydroxyl groups is 1. The SMILES string of the molecule is N#C[C@H](c1nc(-c2ccc(Cl)cc2)cs1)[C@H](O)CCl. The fourth-order valence-electron chi connectivity index (χ4n) is 1.58. The molecule has 2 rings (SSSR count). The van der Waals surface area contributed by atoms with Crippen molar-refractivity contribution in [2.24, 2.45) is 0 Å². The number of nitriles is 1. The van der Waals surface area contributed by atoms with E-state index in [1.165, 1.54) is 11.3 Å². The van der Waals surface area contributed by atoms with Gasteiger partial charge in [-0.3, -0.25) is 0 Å². The van der Waals surface area contributed by atoms with E-state index in [4.69, 9.17) is 28.5 Å². The van der Waals surface area contributed by atoms with Gasteiger partial charge in [-0.25, -0.2) is 4.98 Å². The lowest BCUT2D eigenvalue weighted by Crippen LogP contribution is -2.18. The van der Waals surface area contributed by atoms with Gasteiger partial charge in [0.1, 0.15) is 10.9 Å². The zero-order chi connectivity index (χ0) is 13.8. The molecule has 19 heavy (non-hydrogen) atoms. The molecule has 1 aromatic carbocycles. The van der Waals surface area contributed by atoms with E-state index in [9.17, 15) is 5.11 Å². The molecule has 6 heteroatoms. The number of hydrogen-bond acceptors (Lipinski definition) is 4. The molecular weight excluding hydrogens is 303 g/mol. The van der Waals surface area contributed by atoms with E-state index in [0.717, 1.165) is 11.3 Å². The van der Waals surface area contributed by atoms with Crippen molar-refractivity contribution in [1.82, 2.24) is 4.98 Å². The van der Waals surface area contributed by atoms with E-state index < -0.39 is 12.0 Å². The molecule has 0 unspecified atom stereocenters. The number of aromatic nitrogens is 1. The molecule has 1 heterocycles. The Morgan fingerprint density at radius 3 is 2.63 bits per heavy atom. The molecule has 1 aromatic heterocycles. The van der Waals surface area contributed by atoms with E-state index in [-0.39, 0.29) is 5.88 Å². The molecule has 98 valence electrons. The quantitative estimate of drug-likeness (QED) is 0.876. The number of hydrogen-bond donors (Lipinski definition) is 1. The molecule has 2 atom stereocenters. The third kappa shape index (κ3) is 3.26. The van der Waals surface area contributed by atoms with Crippen LogP contribution < -0.4 is 0 Å². The summed E-state index contributed by atoms with van der Waals surface area (Å²) in [6, 6.07) is 9.32. The van der Waals surface area contributed by atoms with Gasteiger partial charge in [-0.15, -0.1) is 22.9 Å². The van der Waals surface area contributed by atoms with E-state index in [2.05, 4.69) is 4.98 Å². The summed E-state index contributed by atoms with van der Waals surface area (Å²) in [5.74, 6) is -0.683. The number of thiazole rings is 1. The minimum atomic E-state index is -0.907. The second-order valence-corrected chi connectivity index (χ2v) is 5.54. The van der Waals surface area contributed by atoms with Crippen LogP contribution in [0.3, 0.4) is 0 Å². The Hall–Kier alpha value is -1.12. The first-order chi connectivity index (χ1) is 9.15. The van der Waals surface area contributed by atoms with Crippen molar-refractivity contribution in [1.29, 1.82) is 5.26 Å². The minimum absolute atomic E-state index is 0.00802. The second kappa shape index (κ2) is 6.36. The summed E-state index contributed by atoms with van der Waals surface area (Å²) in [6.07, 6.45) is -0.907. The highest BCUT2D eigenvalue weighted by molar-refractivity contribution is 7.10. The molecule has 0 aliphatic rings. The van der Waals surface area contributed by atoms with Gasteiger partial charge in [0.15, 0.2) is 0 Å². The van der Waals surface area contributed by atoms with Crippen molar-refractivity contribution in [2.75, 3.05) is 5.88 Å². The average molecular weight is 313 g/mol. The molecule has 0 amide bonds. The lowest BCUT2D eigenvalue weighted by molar-refractivity contribution is 0.184. The van der Waals surface area contributed by atoms with Gasteiger partial charge < -0.3 is 5.11 Å². The molecule has 0 aliphatic heterocycles. The predicted octanol–water partition coefficient (Wildman–Crippen LogP) is 3.67. The third-order valence-corrected chi connectivity index (χ3v) is 4.11. The molecule has 0 fully saturated rings. The van der Waals surface area contributed by atoms with Crippen molar-refractivity contribution in [3.05, 3.63) is 39.7 Å². The highest BCUT2D eigenvalue weighted by atomic mass is 35.5. The maximum atomic E-state index is 9.68. The Bertz CT molecular complexity index is 591. The summed E-state index contributed by atoms with van der Waals surface area (Å²) in [5, 5.41) is 21.8. The Labute approximate surface area is 125 Å². The lowest BCUT2D eigenvalue weighted by Gasteiger charge is -2.10. The van der Waals surface area contributed by atoms with Crippen molar-refractivity contribution in [3.8, 4) is 17.3 Å². The van der Waals surface area contributed by atoms with Crippen LogP contribution in [0.25, 0.3) is 11.3 Å². The van der Waals surface area contributed by atoms with Crippen molar-refractivity contribution >= 4 is 34.5 Å². The Morgan fingerprint density at radius 1 is 1.37 bits per heavy atom. The Balaban J connectivity index is 2.28. The fraction of sp³-hybridized carbons (Fsp3) is 0.231. The fourth-order valence-corrected chi connectivity index (χ4v) is 2.81. The maximum absolute atomic E-state index is 9.68. The molecule has 0 spiro atoms. The minimum Gasteiger partial charge on any atom is -0.390 e. The van der Waals surface area contributed by atoms with E-state index >= 15 is 0 Å². The van der Waals surface area contributed by atoms with Gasteiger partial charge in [0.25, 0.3) is 0 Å². The van der Waals surface area contributed by atoms with Crippen LogP contribution in [0.1, 0.15) is 10.9 Å². The van der Waals surface area contributed by atoms with Crippen molar-refractivity contribution in [3.63, 3.8) is 0 Å². The van der Waals surface area contributed by atoms with Crippen LogP contribution in [-0.4, -0.2) is 22.1 Å². The van der Waals surface area contributed by atoms with Gasteiger partial charge in [-0.1, -0.05) is 23.7 Å². The summed E-state index contributed by atoms with van der Waals surface area (Å²) in [6.45, 7) is 0. The lowest BCUT2D eigenvalue weighted by atomic mass is 10.1. The Morgan fingerprint density at radius 2 is 2.05 bits per heavy atom. The van der Waals surface area contributed by atoms with Crippen LogP contribution in [0.2, 0.25) is 5.02 Å². The van der Waals surface area contributed by atoms with E-state index in [0.29, 0.717) is 10.0 Å². The highest BCUT2D eigenvalue weighted by Crippen LogP contribution is 2.29. The number of halogens is 2. The van der Waals surface area contributed by atoms with Crippen LogP contribution in [0.5, 0.6) is 0 Å². The third-order valence-electron chi connectivity index (χ3n) is 2.61. The summed E-state index contributed by atoms with van der Waals surface area (Å²) in [5.41, 5.74) is 1.68. The van der Waals surface area contributed by atoms with Gasteiger partial charge >= 0.3 is 0 Å². The van der Waals surface area contributed by atoms with Gasteiger partial charge in [-0.2, -0.15) is 5.26 Å². The monoisotopic (exact) mass is 312 g/mol. The molecular formula is C13H10Cl2N2OS. The summed E-state index contributed by atoms with van der Waals surface area (Å²) >= 11 is 12.7. The maximum Gasteiger partial charge on any atom is 0.125 e. The molecule has 1 N–H and O–H groups in total. The molecule has 0 saturated carbocycles. The molecule has 0 saturated heterocycles. The smallest absolute Gasteiger partial charge is 0.125 e. The van der Waals surface area contributed by atoms with Crippen LogP contribution in [-0.2, 0) is 0 Å². The molecule has 0 bridgehead atoms. The van der Waals surface area contributed by atoms with Crippen LogP contribution in [0.15, 0.2) is 29.6 Å². The first-order valence-electron chi connectivity index (χ1n) is 5.50. The number of alkyl halides is 1.